The Morgan fingerprint density at radius 1 is 0.909 bits per heavy atom. The van der Waals surface area contributed by atoms with Gasteiger partial charge in [-0.2, -0.15) is 5.10 Å². The van der Waals surface area contributed by atoms with Crippen LogP contribution in [0.25, 0.3) is 55.4 Å². The molecule has 0 spiro atoms. The normalized spacial score (nSPS) is 13.5. The predicted molar refractivity (Wildman–Crippen MR) is 173 cm³/mol. The Morgan fingerprint density at radius 3 is 2.57 bits per heavy atom. The van der Waals surface area contributed by atoms with Gasteiger partial charge in [0.2, 0.25) is 5.91 Å². The molecule has 0 bridgehead atoms. The first-order chi connectivity index (χ1) is 21.4. The van der Waals surface area contributed by atoms with Crippen LogP contribution in [0.2, 0.25) is 0 Å². The number of benzene rings is 2. The Labute approximate surface area is 253 Å². The third-order valence-electron chi connectivity index (χ3n) is 8.28. The lowest BCUT2D eigenvalue weighted by atomic mass is 9.85. The van der Waals surface area contributed by atoms with Crippen LogP contribution in [0.5, 0.6) is 0 Å². The number of hydrogen-bond acceptors (Lipinski definition) is 6. The first kappa shape index (κ1) is 27.7. The number of aromatic amines is 2. The Bertz CT molecular complexity index is 1990. The number of amides is 1. The van der Waals surface area contributed by atoms with Crippen molar-refractivity contribution in [1.29, 1.82) is 0 Å². The summed E-state index contributed by atoms with van der Waals surface area (Å²) in [5, 5.41) is 16.0. The molecule has 0 unspecified atom stereocenters. The summed E-state index contributed by atoms with van der Waals surface area (Å²) in [7, 11) is 4.01. The van der Waals surface area contributed by atoms with Crippen LogP contribution in [0.1, 0.15) is 19.3 Å². The number of likely N-dealkylation sites (N-methyl/N-ethyl adjacent to an activating group) is 1. The third kappa shape index (κ3) is 5.51. The molecular formula is C34H33FN8O. The molecule has 1 aliphatic carbocycles. The van der Waals surface area contributed by atoms with Gasteiger partial charge in [0.15, 0.2) is 0 Å². The zero-order valence-corrected chi connectivity index (χ0v) is 24.6. The molecule has 1 amide bonds. The largest absolute Gasteiger partial charge is 0.384 e. The van der Waals surface area contributed by atoms with Gasteiger partial charge in [0.05, 0.1) is 34.8 Å². The van der Waals surface area contributed by atoms with Gasteiger partial charge in [0.1, 0.15) is 11.5 Å². The fraction of sp³-hybridized carbons (Fsp3) is 0.235. The van der Waals surface area contributed by atoms with E-state index >= 15 is 0 Å². The third-order valence-corrected chi connectivity index (χ3v) is 8.28. The van der Waals surface area contributed by atoms with Gasteiger partial charge in [0, 0.05) is 59.0 Å². The van der Waals surface area contributed by atoms with E-state index in [4.69, 9.17) is 0 Å². The lowest BCUT2D eigenvalue weighted by molar-refractivity contribution is -0.122. The highest BCUT2D eigenvalue weighted by atomic mass is 19.1. The van der Waals surface area contributed by atoms with Crippen LogP contribution < -0.4 is 10.6 Å². The number of anilines is 2. The SMILES string of the molecule is CN(C)CCNc1cc(F)cc(-c2cncc3[nH]c(-c4n[nH]c5ccc(-c6cncc(NC(=O)C7CCC7)c6)cc45)cc23)c1. The van der Waals surface area contributed by atoms with Gasteiger partial charge >= 0.3 is 0 Å². The second-order valence-electron chi connectivity index (χ2n) is 11.7. The van der Waals surface area contributed by atoms with Crippen LogP contribution in [-0.4, -0.2) is 63.1 Å². The zero-order valence-electron chi connectivity index (χ0n) is 24.6. The minimum atomic E-state index is -0.311. The van der Waals surface area contributed by atoms with E-state index in [0.29, 0.717) is 12.2 Å². The number of H-pyrrole nitrogens is 2. The van der Waals surface area contributed by atoms with Crippen molar-refractivity contribution in [2.45, 2.75) is 19.3 Å². The van der Waals surface area contributed by atoms with Crippen LogP contribution in [0.4, 0.5) is 15.8 Å². The monoisotopic (exact) mass is 588 g/mol. The number of aromatic nitrogens is 5. The summed E-state index contributed by atoms with van der Waals surface area (Å²) in [6, 6.07) is 15.1. The minimum Gasteiger partial charge on any atom is -0.384 e. The number of rotatable bonds is 9. The summed E-state index contributed by atoms with van der Waals surface area (Å²) in [5.41, 5.74) is 8.14. The van der Waals surface area contributed by atoms with Gasteiger partial charge in [-0.1, -0.05) is 12.5 Å². The molecule has 4 heterocycles. The van der Waals surface area contributed by atoms with Crippen LogP contribution in [0, 0.1) is 11.7 Å². The summed E-state index contributed by atoms with van der Waals surface area (Å²) in [5.74, 6) is -0.150. The molecule has 0 saturated heterocycles. The number of hydrogen-bond donors (Lipinski definition) is 4. The average Bonchev–Trinajstić information content (AvgIpc) is 3.59. The van der Waals surface area contributed by atoms with Crippen molar-refractivity contribution in [3.8, 4) is 33.6 Å². The number of nitrogens with zero attached hydrogens (tertiary/aromatic N) is 4. The maximum atomic E-state index is 14.7. The number of nitrogens with one attached hydrogen (secondary N) is 4. The number of carbonyl (C=O) groups is 1. The van der Waals surface area contributed by atoms with Crippen LogP contribution in [-0.2, 0) is 4.79 Å². The van der Waals surface area contributed by atoms with Crippen molar-refractivity contribution in [2.24, 2.45) is 5.92 Å². The fourth-order valence-electron chi connectivity index (χ4n) is 5.66. The molecule has 222 valence electrons. The molecule has 2 aromatic carbocycles. The van der Waals surface area contributed by atoms with E-state index < -0.39 is 0 Å². The second kappa shape index (κ2) is 11.5. The second-order valence-corrected chi connectivity index (χ2v) is 11.7. The summed E-state index contributed by atoms with van der Waals surface area (Å²) in [6.07, 6.45) is 10.0. The van der Waals surface area contributed by atoms with Crippen molar-refractivity contribution in [3.63, 3.8) is 0 Å². The van der Waals surface area contributed by atoms with Crippen LogP contribution in [0.3, 0.4) is 0 Å². The van der Waals surface area contributed by atoms with Crippen LogP contribution in [0.15, 0.2) is 73.3 Å². The summed E-state index contributed by atoms with van der Waals surface area (Å²) in [4.78, 5) is 26.9. The van der Waals surface area contributed by atoms with E-state index in [1.807, 2.05) is 44.4 Å². The van der Waals surface area contributed by atoms with E-state index in [9.17, 15) is 9.18 Å². The minimum absolute atomic E-state index is 0.0606. The summed E-state index contributed by atoms with van der Waals surface area (Å²) < 4.78 is 14.7. The molecule has 1 saturated carbocycles. The molecule has 44 heavy (non-hydrogen) atoms. The van der Waals surface area contributed by atoms with Gasteiger partial charge in [-0.05, 0) is 80.5 Å². The van der Waals surface area contributed by atoms with E-state index in [-0.39, 0.29) is 17.6 Å². The van der Waals surface area contributed by atoms with Gasteiger partial charge in [-0.3, -0.25) is 19.9 Å². The summed E-state index contributed by atoms with van der Waals surface area (Å²) >= 11 is 0. The average molecular weight is 589 g/mol. The zero-order chi connectivity index (χ0) is 30.2. The first-order valence-electron chi connectivity index (χ1n) is 14.8. The fourth-order valence-corrected chi connectivity index (χ4v) is 5.66. The number of pyridine rings is 2. The van der Waals surface area contributed by atoms with Gasteiger partial charge in [-0.15, -0.1) is 0 Å². The maximum absolute atomic E-state index is 14.7. The van der Waals surface area contributed by atoms with E-state index in [1.54, 1.807) is 24.8 Å². The summed E-state index contributed by atoms with van der Waals surface area (Å²) in [6.45, 7) is 1.54. The first-order valence-corrected chi connectivity index (χ1v) is 14.8. The van der Waals surface area contributed by atoms with E-state index in [0.717, 1.165) is 86.9 Å². The molecule has 1 aliphatic rings. The van der Waals surface area contributed by atoms with Crippen molar-refractivity contribution in [1.82, 2.24) is 30.0 Å². The molecule has 0 aliphatic heterocycles. The Kier molecular flexibility index (Phi) is 7.27. The number of halogens is 1. The number of carbonyl (C=O) groups excluding carboxylic acids is 1. The maximum Gasteiger partial charge on any atom is 0.227 e. The van der Waals surface area contributed by atoms with Gasteiger partial charge < -0.3 is 20.5 Å². The molecule has 4 aromatic heterocycles. The highest BCUT2D eigenvalue weighted by Gasteiger charge is 2.25. The molecule has 10 heteroatoms. The Balaban J connectivity index is 1.21. The van der Waals surface area contributed by atoms with Crippen molar-refractivity contribution < 1.29 is 9.18 Å². The van der Waals surface area contributed by atoms with Crippen molar-refractivity contribution >= 4 is 39.1 Å². The lowest BCUT2D eigenvalue weighted by Crippen LogP contribution is -2.28. The highest BCUT2D eigenvalue weighted by molar-refractivity contribution is 6.02. The topological polar surface area (TPSA) is 115 Å². The van der Waals surface area contributed by atoms with Crippen molar-refractivity contribution in [2.75, 3.05) is 37.8 Å². The quantitative estimate of drug-likeness (QED) is 0.150. The molecular weight excluding hydrogens is 555 g/mol. The smallest absolute Gasteiger partial charge is 0.227 e. The predicted octanol–water partition coefficient (Wildman–Crippen LogP) is 6.69. The van der Waals surface area contributed by atoms with E-state index in [1.165, 1.54) is 12.1 Å². The molecule has 9 nitrogen and oxygen atoms in total. The Hall–Kier alpha value is -5.09. The highest BCUT2D eigenvalue weighted by Crippen LogP contribution is 2.36. The van der Waals surface area contributed by atoms with Gasteiger partial charge in [0.25, 0.3) is 0 Å². The molecule has 7 rings (SSSR count). The molecule has 0 atom stereocenters. The number of fused-ring (bicyclic) bond motifs is 2. The van der Waals surface area contributed by atoms with E-state index in [2.05, 4.69) is 46.7 Å². The van der Waals surface area contributed by atoms with Gasteiger partial charge in [-0.25, -0.2) is 4.39 Å². The molecule has 6 aromatic rings. The lowest BCUT2D eigenvalue weighted by Gasteiger charge is -2.24. The standard InChI is InChI=1S/C34H33FN8O/c1-43(2)9-8-38-25-11-22(10-24(35)14-25)29-18-37-19-32-27(29)15-31(40-32)33-28-13-21(6-7-30(28)41-42-33)23-12-26(17-36-16-23)39-34(44)20-4-3-5-20/h6-7,10-20,38,40H,3-5,8-9H2,1-2H3,(H,39,44)(H,41,42). The molecule has 4 N–H and O–H groups in total. The Morgan fingerprint density at radius 2 is 1.75 bits per heavy atom. The molecule has 0 radical (unpaired) electrons. The van der Waals surface area contributed by atoms with Crippen molar-refractivity contribution in [3.05, 3.63) is 79.1 Å². The molecule has 1 fully saturated rings. The van der Waals surface area contributed by atoms with Crippen LogP contribution >= 0.6 is 0 Å².